The molecule has 0 spiro atoms. The standard InChI is InChI=1S/C13H21NO3/c1-5-6-7-10-14-11(15)8-9-12(16)17-13(2,3)4/h7-10H2,1-4H3,(H,14,15). The molecule has 0 heterocycles. The second kappa shape index (κ2) is 7.72. The van der Waals surface area contributed by atoms with E-state index in [2.05, 4.69) is 17.2 Å². The van der Waals surface area contributed by atoms with E-state index >= 15 is 0 Å². The molecule has 0 aliphatic heterocycles. The van der Waals surface area contributed by atoms with E-state index in [1.54, 1.807) is 27.7 Å². The molecule has 17 heavy (non-hydrogen) atoms. The molecule has 1 N–H and O–H groups in total. The first-order valence-electron chi connectivity index (χ1n) is 5.73. The Labute approximate surface area is 103 Å². The Balaban J connectivity index is 3.69. The lowest BCUT2D eigenvalue weighted by Gasteiger charge is -2.19. The molecule has 0 saturated heterocycles. The molecule has 96 valence electrons. The largest absolute Gasteiger partial charge is 0.460 e. The highest BCUT2D eigenvalue weighted by Gasteiger charge is 2.16. The summed E-state index contributed by atoms with van der Waals surface area (Å²) in [6.45, 7) is 7.68. The topological polar surface area (TPSA) is 55.4 Å². The molecule has 0 aliphatic carbocycles. The minimum absolute atomic E-state index is 0.114. The molecule has 0 bridgehead atoms. The maximum absolute atomic E-state index is 11.3. The highest BCUT2D eigenvalue weighted by atomic mass is 16.6. The number of hydrogen-bond acceptors (Lipinski definition) is 3. The van der Waals surface area contributed by atoms with Crippen molar-refractivity contribution < 1.29 is 14.3 Å². The molecule has 0 aromatic rings. The summed E-state index contributed by atoms with van der Waals surface area (Å²) in [6.07, 6.45) is 0.908. The Morgan fingerprint density at radius 3 is 2.41 bits per heavy atom. The molecule has 0 aromatic heterocycles. The number of ether oxygens (including phenoxy) is 1. The molecule has 0 unspecified atom stereocenters. The maximum atomic E-state index is 11.3. The van der Waals surface area contributed by atoms with Crippen LogP contribution in [-0.2, 0) is 14.3 Å². The molecule has 0 atom stereocenters. The molecule has 4 heteroatoms. The highest BCUT2D eigenvalue weighted by Crippen LogP contribution is 2.08. The summed E-state index contributed by atoms with van der Waals surface area (Å²) in [4.78, 5) is 22.6. The minimum Gasteiger partial charge on any atom is -0.460 e. The lowest BCUT2D eigenvalue weighted by molar-refractivity contribution is -0.155. The van der Waals surface area contributed by atoms with Crippen LogP contribution in [-0.4, -0.2) is 24.0 Å². The summed E-state index contributed by atoms with van der Waals surface area (Å²) < 4.78 is 5.09. The zero-order valence-corrected chi connectivity index (χ0v) is 11.1. The van der Waals surface area contributed by atoms with Crippen LogP contribution in [0.2, 0.25) is 0 Å². The zero-order valence-electron chi connectivity index (χ0n) is 11.1. The van der Waals surface area contributed by atoms with Gasteiger partial charge in [0.25, 0.3) is 0 Å². The molecule has 0 aliphatic rings. The van der Waals surface area contributed by atoms with Crippen LogP contribution in [0, 0.1) is 11.8 Å². The van der Waals surface area contributed by atoms with E-state index in [0.29, 0.717) is 13.0 Å². The van der Waals surface area contributed by atoms with Crippen LogP contribution in [0.15, 0.2) is 0 Å². The summed E-state index contributed by atoms with van der Waals surface area (Å²) in [6, 6.07) is 0. The maximum Gasteiger partial charge on any atom is 0.306 e. The van der Waals surface area contributed by atoms with Gasteiger partial charge < -0.3 is 10.1 Å². The van der Waals surface area contributed by atoms with Crippen LogP contribution in [0.3, 0.4) is 0 Å². The molecule has 0 radical (unpaired) electrons. The first-order chi connectivity index (χ1) is 7.85. The number of carbonyl (C=O) groups excluding carboxylic acids is 2. The summed E-state index contributed by atoms with van der Waals surface area (Å²) >= 11 is 0. The highest BCUT2D eigenvalue weighted by molar-refractivity contribution is 5.81. The second-order valence-corrected chi connectivity index (χ2v) is 4.61. The van der Waals surface area contributed by atoms with E-state index in [4.69, 9.17) is 4.74 Å². The van der Waals surface area contributed by atoms with Gasteiger partial charge in [-0.1, -0.05) is 0 Å². The Kier molecular flexibility index (Phi) is 7.04. The predicted octanol–water partition coefficient (Wildman–Crippen LogP) is 1.64. The zero-order chi connectivity index (χ0) is 13.3. The van der Waals surface area contributed by atoms with Gasteiger partial charge in [-0.2, -0.15) is 0 Å². The Hall–Kier alpha value is -1.50. The summed E-state index contributed by atoms with van der Waals surface area (Å²) in [7, 11) is 0. The van der Waals surface area contributed by atoms with Crippen molar-refractivity contribution in [2.24, 2.45) is 0 Å². The number of rotatable bonds is 5. The third-order valence-corrected chi connectivity index (χ3v) is 1.73. The Bertz CT molecular complexity index is 318. The van der Waals surface area contributed by atoms with Gasteiger partial charge in [0.15, 0.2) is 0 Å². The van der Waals surface area contributed by atoms with Crippen LogP contribution in [0.5, 0.6) is 0 Å². The van der Waals surface area contributed by atoms with Gasteiger partial charge in [0.2, 0.25) is 5.91 Å². The van der Waals surface area contributed by atoms with E-state index in [0.717, 1.165) is 0 Å². The summed E-state index contributed by atoms with van der Waals surface area (Å²) in [5, 5.41) is 2.69. The third kappa shape index (κ3) is 10.8. The van der Waals surface area contributed by atoms with Gasteiger partial charge in [0, 0.05) is 19.4 Å². The monoisotopic (exact) mass is 239 g/mol. The van der Waals surface area contributed by atoms with Crippen molar-refractivity contribution in [1.82, 2.24) is 5.32 Å². The van der Waals surface area contributed by atoms with Crippen molar-refractivity contribution in [2.75, 3.05) is 6.54 Å². The van der Waals surface area contributed by atoms with Crippen molar-refractivity contribution in [3.8, 4) is 11.8 Å². The van der Waals surface area contributed by atoms with Crippen LogP contribution in [0.4, 0.5) is 0 Å². The van der Waals surface area contributed by atoms with Gasteiger partial charge >= 0.3 is 5.97 Å². The van der Waals surface area contributed by atoms with Gasteiger partial charge in [-0.25, -0.2) is 0 Å². The average molecular weight is 239 g/mol. The van der Waals surface area contributed by atoms with E-state index in [-0.39, 0.29) is 24.7 Å². The Morgan fingerprint density at radius 2 is 1.88 bits per heavy atom. The summed E-state index contributed by atoms with van der Waals surface area (Å²) in [5.41, 5.74) is -0.496. The number of hydrogen-bond donors (Lipinski definition) is 1. The smallest absolute Gasteiger partial charge is 0.306 e. The Morgan fingerprint density at radius 1 is 1.24 bits per heavy atom. The molecule has 0 fully saturated rings. The second-order valence-electron chi connectivity index (χ2n) is 4.61. The number of nitrogens with one attached hydrogen (secondary N) is 1. The van der Waals surface area contributed by atoms with Crippen LogP contribution < -0.4 is 5.32 Å². The van der Waals surface area contributed by atoms with E-state index in [1.807, 2.05) is 0 Å². The SMILES string of the molecule is CC#CCCNC(=O)CCC(=O)OC(C)(C)C. The van der Waals surface area contributed by atoms with Crippen molar-refractivity contribution in [2.45, 2.75) is 52.6 Å². The number of esters is 1. The lowest BCUT2D eigenvalue weighted by Crippen LogP contribution is -2.27. The van der Waals surface area contributed by atoms with Crippen molar-refractivity contribution in [1.29, 1.82) is 0 Å². The van der Waals surface area contributed by atoms with Crippen molar-refractivity contribution in [3.05, 3.63) is 0 Å². The molecular weight excluding hydrogens is 218 g/mol. The third-order valence-electron chi connectivity index (χ3n) is 1.73. The lowest BCUT2D eigenvalue weighted by atomic mass is 10.2. The molecule has 4 nitrogen and oxygen atoms in total. The van der Waals surface area contributed by atoms with E-state index in [1.165, 1.54) is 0 Å². The predicted molar refractivity (Wildman–Crippen MR) is 66.2 cm³/mol. The van der Waals surface area contributed by atoms with Gasteiger partial charge in [-0.15, -0.1) is 11.8 Å². The fraction of sp³-hybridized carbons (Fsp3) is 0.692. The minimum atomic E-state index is -0.496. The van der Waals surface area contributed by atoms with E-state index in [9.17, 15) is 9.59 Å². The van der Waals surface area contributed by atoms with Gasteiger partial charge in [-0.05, 0) is 27.7 Å². The van der Waals surface area contributed by atoms with Crippen molar-refractivity contribution in [3.63, 3.8) is 0 Å². The van der Waals surface area contributed by atoms with Crippen LogP contribution >= 0.6 is 0 Å². The van der Waals surface area contributed by atoms with Gasteiger partial charge in [0.05, 0.1) is 6.42 Å². The quantitative estimate of drug-likeness (QED) is 0.451. The average Bonchev–Trinajstić information content (AvgIpc) is 2.19. The molecule has 0 rings (SSSR count). The summed E-state index contributed by atoms with van der Waals surface area (Å²) in [5.74, 6) is 5.09. The normalized spacial score (nSPS) is 10.1. The van der Waals surface area contributed by atoms with Crippen LogP contribution in [0.25, 0.3) is 0 Å². The van der Waals surface area contributed by atoms with Crippen molar-refractivity contribution >= 4 is 11.9 Å². The van der Waals surface area contributed by atoms with Gasteiger partial charge in [-0.3, -0.25) is 9.59 Å². The number of amides is 1. The molecule has 0 saturated carbocycles. The molecule has 0 aromatic carbocycles. The van der Waals surface area contributed by atoms with Gasteiger partial charge in [0.1, 0.15) is 5.60 Å². The number of carbonyl (C=O) groups is 2. The first kappa shape index (κ1) is 15.5. The fourth-order valence-electron chi connectivity index (χ4n) is 1.09. The van der Waals surface area contributed by atoms with Crippen LogP contribution in [0.1, 0.15) is 47.0 Å². The fourth-order valence-corrected chi connectivity index (χ4v) is 1.09. The molecule has 1 amide bonds. The molecular formula is C13H21NO3. The first-order valence-corrected chi connectivity index (χ1v) is 5.73. The van der Waals surface area contributed by atoms with E-state index < -0.39 is 5.60 Å².